The van der Waals surface area contributed by atoms with Crippen LogP contribution in [0.25, 0.3) is 0 Å². The van der Waals surface area contributed by atoms with Gasteiger partial charge in [-0.2, -0.15) is 15.3 Å². The van der Waals surface area contributed by atoms with Gasteiger partial charge in [-0.3, -0.25) is 0 Å². The summed E-state index contributed by atoms with van der Waals surface area (Å²) < 4.78 is 5.63. The van der Waals surface area contributed by atoms with Gasteiger partial charge in [-0.15, -0.1) is 0 Å². The van der Waals surface area contributed by atoms with Crippen LogP contribution in [0.3, 0.4) is 0 Å². The number of rotatable bonds is 5. The summed E-state index contributed by atoms with van der Waals surface area (Å²) in [6.45, 7) is 12.6. The van der Waals surface area contributed by atoms with Crippen LogP contribution in [0.4, 0.5) is 5.88 Å². The molecule has 5 heteroatoms. The summed E-state index contributed by atoms with van der Waals surface area (Å²) >= 11 is 0. The average Bonchev–Trinajstić information content (AvgIpc) is 2.99. The first-order valence-electron chi connectivity index (χ1n) is 8.48. The molecule has 2 rings (SSSR count). The van der Waals surface area contributed by atoms with Gasteiger partial charge in [-0.1, -0.05) is 65.8 Å². The van der Waals surface area contributed by atoms with Crippen molar-refractivity contribution in [1.82, 2.24) is 4.98 Å². The molecule has 0 saturated carbocycles. The molecule has 5 nitrogen and oxygen atoms in total. The van der Waals surface area contributed by atoms with Gasteiger partial charge in [-0.25, -0.2) is 5.43 Å². The number of nitriles is 1. The predicted molar refractivity (Wildman–Crippen MR) is 101 cm³/mol. The molecule has 0 amide bonds. The number of nitrogens with zero attached hydrogens (tertiary/aromatic N) is 3. The van der Waals surface area contributed by atoms with Crippen molar-refractivity contribution >= 4 is 12.1 Å². The molecule has 1 aromatic heterocycles. The topological polar surface area (TPSA) is 74.2 Å². The number of nitrogens with one attached hydrogen (secondary N) is 1. The fraction of sp³-hybridized carbons (Fsp3) is 0.450. The summed E-state index contributed by atoms with van der Waals surface area (Å²) in [6, 6.07) is 10.3. The molecule has 1 N–H and O–H groups in total. The Kier molecular flexibility index (Phi) is 5.32. The van der Waals surface area contributed by atoms with Crippen LogP contribution in [0, 0.1) is 11.3 Å². The van der Waals surface area contributed by atoms with Crippen LogP contribution in [0.1, 0.15) is 70.7 Å². The highest BCUT2D eigenvalue weighted by Gasteiger charge is 2.23. The summed E-state index contributed by atoms with van der Waals surface area (Å²) in [7, 11) is 0. The Hall–Kier alpha value is -2.61. The summed E-state index contributed by atoms with van der Waals surface area (Å²) in [5.41, 5.74) is 5.16. The highest BCUT2D eigenvalue weighted by atomic mass is 16.4. The van der Waals surface area contributed by atoms with E-state index >= 15 is 0 Å². The minimum absolute atomic E-state index is 0.165. The van der Waals surface area contributed by atoms with E-state index in [2.05, 4.69) is 48.4 Å². The van der Waals surface area contributed by atoms with E-state index in [1.54, 1.807) is 6.21 Å². The van der Waals surface area contributed by atoms with E-state index in [4.69, 9.17) is 4.42 Å². The second-order valence-corrected chi connectivity index (χ2v) is 7.79. The van der Waals surface area contributed by atoms with Crippen molar-refractivity contribution in [1.29, 1.82) is 5.26 Å². The molecule has 0 saturated heterocycles. The van der Waals surface area contributed by atoms with Crippen molar-refractivity contribution in [2.75, 3.05) is 5.43 Å². The van der Waals surface area contributed by atoms with E-state index in [9.17, 15) is 5.26 Å². The van der Waals surface area contributed by atoms with Crippen LogP contribution in [0.2, 0.25) is 0 Å². The molecule has 0 bridgehead atoms. The summed E-state index contributed by atoms with van der Waals surface area (Å²) in [4.78, 5) is 4.21. The molecule has 132 valence electrons. The van der Waals surface area contributed by atoms with Crippen molar-refractivity contribution in [2.45, 2.75) is 58.8 Å². The van der Waals surface area contributed by atoms with E-state index in [0.717, 1.165) is 12.0 Å². The summed E-state index contributed by atoms with van der Waals surface area (Å²) in [5.74, 6) is 0.778. The van der Waals surface area contributed by atoms with E-state index in [1.807, 2.05) is 39.0 Å². The third-order valence-electron chi connectivity index (χ3n) is 4.33. The quantitative estimate of drug-likeness (QED) is 0.616. The fourth-order valence-electron chi connectivity index (χ4n) is 2.18. The second kappa shape index (κ2) is 7.10. The molecule has 0 atom stereocenters. The van der Waals surface area contributed by atoms with Gasteiger partial charge in [0, 0.05) is 5.41 Å². The van der Waals surface area contributed by atoms with E-state index < -0.39 is 0 Å². The van der Waals surface area contributed by atoms with E-state index in [0.29, 0.717) is 5.89 Å². The van der Waals surface area contributed by atoms with Gasteiger partial charge in [0.2, 0.25) is 11.6 Å². The molecule has 25 heavy (non-hydrogen) atoms. The molecule has 0 radical (unpaired) electrons. The zero-order chi connectivity index (χ0) is 18.7. The van der Waals surface area contributed by atoms with Gasteiger partial charge in [-0.05, 0) is 23.0 Å². The Balaban J connectivity index is 2.11. The maximum absolute atomic E-state index is 9.18. The first-order chi connectivity index (χ1) is 11.7. The van der Waals surface area contributed by atoms with Gasteiger partial charge in [0.05, 0.1) is 6.21 Å². The Morgan fingerprint density at radius 1 is 1.20 bits per heavy atom. The van der Waals surface area contributed by atoms with Crippen LogP contribution in [0.5, 0.6) is 0 Å². The van der Waals surface area contributed by atoms with Gasteiger partial charge < -0.3 is 4.42 Å². The van der Waals surface area contributed by atoms with Crippen molar-refractivity contribution in [3.05, 3.63) is 47.0 Å². The smallest absolute Gasteiger partial charge is 0.252 e. The molecule has 0 aliphatic carbocycles. The molecule has 0 aliphatic heterocycles. The molecular weight excluding hydrogens is 312 g/mol. The summed E-state index contributed by atoms with van der Waals surface area (Å²) in [5, 5.41) is 13.3. The number of anilines is 1. The molecule has 2 aromatic rings. The van der Waals surface area contributed by atoms with Gasteiger partial charge >= 0.3 is 0 Å². The molecule has 0 spiro atoms. The highest BCUT2D eigenvalue weighted by molar-refractivity contribution is 5.80. The average molecular weight is 338 g/mol. The molecule has 1 aromatic carbocycles. The second-order valence-electron chi connectivity index (χ2n) is 7.79. The van der Waals surface area contributed by atoms with Gasteiger partial charge in [0.15, 0.2) is 0 Å². The minimum atomic E-state index is -0.267. The lowest BCUT2D eigenvalue weighted by atomic mass is 9.82. The fourth-order valence-corrected chi connectivity index (χ4v) is 2.18. The lowest BCUT2D eigenvalue weighted by Gasteiger charge is -2.23. The SMILES string of the molecule is CCC(C)(C)c1ccc(C=NNc2oc(C(C)(C)C)nc2C#N)cc1. The molecule has 0 unspecified atom stereocenters. The minimum Gasteiger partial charge on any atom is -0.421 e. The zero-order valence-electron chi connectivity index (χ0n) is 15.8. The number of aromatic nitrogens is 1. The number of hydrogen-bond acceptors (Lipinski definition) is 5. The predicted octanol–water partition coefficient (Wildman–Crippen LogP) is 4.98. The maximum Gasteiger partial charge on any atom is 0.252 e. The Morgan fingerprint density at radius 3 is 2.36 bits per heavy atom. The van der Waals surface area contributed by atoms with Crippen molar-refractivity contribution in [3.8, 4) is 6.07 Å². The van der Waals surface area contributed by atoms with Gasteiger partial charge in [0.1, 0.15) is 6.07 Å². The number of oxazole rings is 1. The van der Waals surface area contributed by atoms with Crippen molar-refractivity contribution in [2.24, 2.45) is 5.10 Å². The van der Waals surface area contributed by atoms with Gasteiger partial charge in [0.25, 0.3) is 5.88 Å². The van der Waals surface area contributed by atoms with Crippen molar-refractivity contribution < 1.29 is 4.42 Å². The van der Waals surface area contributed by atoms with Crippen molar-refractivity contribution in [3.63, 3.8) is 0 Å². The lowest BCUT2D eigenvalue weighted by Crippen LogP contribution is -2.15. The number of benzene rings is 1. The highest BCUT2D eigenvalue weighted by Crippen LogP contribution is 2.27. The lowest BCUT2D eigenvalue weighted by molar-refractivity contribution is 0.399. The molecule has 0 aliphatic rings. The number of hydrogen-bond donors (Lipinski definition) is 1. The van der Waals surface area contributed by atoms with E-state index in [-0.39, 0.29) is 22.4 Å². The first-order valence-corrected chi connectivity index (χ1v) is 8.48. The monoisotopic (exact) mass is 338 g/mol. The molecule has 0 fully saturated rings. The maximum atomic E-state index is 9.18. The Bertz CT molecular complexity index is 787. The first kappa shape index (κ1) is 18.7. The zero-order valence-corrected chi connectivity index (χ0v) is 15.8. The molecular formula is C20H26N4O. The van der Waals surface area contributed by atoms with Crippen LogP contribution in [-0.4, -0.2) is 11.2 Å². The van der Waals surface area contributed by atoms with Crippen LogP contribution < -0.4 is 5.43 Å². The van der Waals surface area contributed by atoms with Crippen LogP contribution in [0.15, 0.2) is 33.8 Å². The summed E-state index contributed by atoms with van der Waals surface area (Å²) in [6.07, 6.45) is 2.78. The Labute approximate surface area is 149 Å². The Morgan fingerprint density at radius 2 is 1.84 bits per heavy atom. The number of hydrazone groups is 1. The van der Waals surface area contributed by atoms with E-state index in [1.165, 1.54) is 5.56 Å². The largest absolute Gasteiger partial charge is 0.421 e. The standard InChI is InChI=1S/C20H26N4O/c1-7-20(5,6)15-10-8-14(9-11-15)13-22-24-17-16(12-21)23-18(25-17)19(2,3)4/h8-11,13,24H,7H2,1-6H3. The van der Waals surface area contributed by atoms with Crippen LogP contribution >= 0.6 is 0 Å². The third-order valence-corrected chi connectivity index (χ3v) is 4.33. The third kappa shape index (κ3) is 4.48. The molecule has 1 heterocycles. The normalized spacial score (nSPS) is 12.4. The van der Waals surface area contributed by atoms with Crippen LogP contribution in [-0.2, 0) is 10.8 Å².